The van der Waals surface area contributed by atoms with Gasteiger partial charge in [-0.3, -0.25) is 0 Å². The predicted molar refractivity (Wildman–Crippen MR) is 85.1 cm³/mol. The number of aliphatic hydroxyl groups excluding tert-OH is 1. The van der Waals surface area contributed by atoms with Gasteiger partial charge in [0.15, 0.2) is 0 Å². The first-order valence-corrected chi connectivity index (χ1v) is 7.45. The second kappa shape index (κ2) is 7.17. The van der Waals surface area contributed by atoms with E-state index in [-0.39, 0.29) is 6.61 Å². The summed E-state index contributed by atoms with van der Waals surface area (Å²) in [5.41, 5.74) is 2.11. The van der Waals surface area contributed by atoms with Gasteiger partial charge in [0.1, 0.15) is 18.5 Å². The molecule has 0 bridgehead atoms. The highest BCUT2D eigenvalue weighted by molar-refractivity contribution is 7.08. The summed E-state index contributed by atoms with van der Waals surface area (Å²) in [6, 6.07) is 9.72. The summed E-state index contributed by atoms with van der Waals surface area (Å²) in [4.78, 5) is 2.02. The van der Waals surface area contributed by atoms with Crippen molar-refractivity contribution in [3.63, 3.8) is 0 Å². The summed E-state index contributed by atoms with van der Waals surface area (Å²) in [5, 5.41) is 17.2. The van der Waals surface area contributed by atoms with Crippen LogP contribution in [0.25, 0.3) is 0 Å². The van der Waals surface area contributed by atoms with Crippen LogP contribution >= 0.6 is 11.3 Å². The summed E-state index contributed by atoms with van der Waals surface area (Å²) >= 11 is 1.65. The molecule has 0 spiro atoms. The van der Waals surface area contributed by atoms with E-state index in [1.165, 1.54) is 0 Å². The fourth-order valence-corrected chi connectivity index (χ4v) is 2.58. The highest BCUT2D eigenvalue weighted by Crippen LogP contribution is 2.18. The van der Waals surface area contributed by atoms with E-state index < -0.39 is 6.10 Å². The Bertz CT molecular complexity index is 516. The zero-order chi connectivity index (χ0) is 14.4. The molecule has 20 heavy (non-hydrogen) atoms. The normalized spacial score (nSPS) is 11.9. The number of aliphatic hydroxyl groups is 1. The number of nitrogens with zero attached hydrogens (tertiary/aromatic N) is 1. The van der Waals surface area contributed by atoms with Crippen molar-refractivity contribution in [3.05, 3.63) is 41.1 Å². The summed E-state index contributed by atoms with van der Waals surface area (Å²) in [6.07, 6.45) is -0.529. The van der Waals surface area contributed by atoms with Crippen molar-refractivity contribution in [2.24, 2.45) is 0 Å². The lowest BCUT2D eigenvalue weighted by Crippen LogP contribution is -2.32. The molecule has 0 saturated carbocycles. The Morgan fingerprint density at radius 3 is 2.95 bits per heavy atom. The minimum atomic E-state index is -0.529. The standard InChI is InChI=1S/C15H20N2O2S/c1-16-12-4-3-5-15(8-12)19-10-14(18)9-17(2)13-6-7-20-11-13/h3-8,11,14,16,18H,9-10H2,1-2H3. The first-order chi connectivity index (χ1) is 9.69. The van der Waals surface area contributed by atoms with Gasteiger partial charge in [-0.05, 0) is 23.6 Å². The molecule has 0 radical (unpaired) electrons. The van der Waals surface area contributed by atoms with E-state index in [1.54, 1.807) is 11.3 Å². The highest BCUT2D eigenvalue weighted by atomic mass is 32.1. The Morgan fingerprint density at radius 1 is 1.40 bits per heavy atom. The molecule has 2 rings (SSSR count). The Balaban J connectivity index is 1.81. The fourth-order valence-electron chi connectivity index (χ4n) is 1.88. The van der Waals surface area contributed by atoms with Crippen molar-refractivity contribution in [2.75, 3.05) is 37.5 Å². The van der Waals surface area contributed by atoms with Gasteiger partial charge in [0.2, 0.25) is 0 Å². The number of hydrogen-bond donors (Lipinski definition) is 2. The number of ether oxygens (including phenoxy) is 1. The van der Waals surface area contributed by atoms with Gasteiger partial charge < -0.3 is 20.1 Å². The largest absolute Gasteiger partial charge is 0.491 e. The maximum Gasteiger partial charge on any atom is 0.121 e. The first-order valence-electron chi connectivity index (χ1n) is 6.51. The molecule has 4 nitrogen and oxygen atoms in total. The monoisotopic (exact) mass is 292 g/mol. The molecule has 1 atom stereocenters. The second-order valence-electron chi connectivity index (χ2n) is 4.60. The number of benzene rings is 1. The third-order valence-corrected chi connectivity index (χ3v) is 3.67. The van der Waals surface area contributed by atoms with E-state index in [0.717, 1.165) is 17.1 Å². The van der Waals surface area contributed by atoms with Crippen LogP contribution in [0.4, 0.5) is 11.4 Å². The molecule has 0 aliphatic carbocycles. The zero-order valence-corrected chi connectivity index (χ0v) is 12.6. The summed E-state index contributed by atoms with van der Waals surface area (Å²) in [7, 11) is 3.83. The Morgan fingerprint density at radius 2 is 2.25 bits per heavy atom. The zero-order valence-electron chi connectivity index (χ0n) is 11.7. The SMILES string of the molecule is CNc1cccc(OCC(O)CN(C)c2ccsc2)c1. The molecule has 2 aromatic rings. The number of thiophene rings is 1. The predicted octanol–water partition coefficient (Wildman–Crippen LogP) is 2.67. The van der Waals surface area contributed by atoms with Crippen LogP contribution in [0.3, 0.4) is 0 Å². The molecule has 2 N–H and O–H groups in total. The van der Waals surface area contributed by atoms with E-state index in [9.17, 15) is 5.11 Å². The lowest BCUT2D eigenvalue weighted by Gasteiger charge is -2.21. The molecule has 108 valence electrons. The van der Waals surface area contributed by atoms with Crippen LogP contribution < -0.4 is 15.0 Å². The van der Waals surface area contributed by atoms with Crippen LogP contribution in [0, 0.1) is 0 Å². The topological polar surface area (TPSA) is 44.7 Å². The Kier molecular flexibility index (Phi) is 5.26. The van der Waals surface area contributed by atoms with Crippen LogP contribution in [0.2, 0.25) is 0 Å². The number of nitrogens with one attached hydrogen (secondary N) is 1. The van der Waals surface area contributed by atoms with Crippen molar-refractivity contribution in [3.8, 4) is 5.75 Å². The Hall–Kier alpha value is -1.72. The van der Waals surface area contributed by atoms with Crippen molar-refractivity contribution < 1.29 is 9.84 Å². The quantitative estimate of drug-likeness (QED) is 0.823. The van der Waals surface area contributed by atoms with E-state index in [0.29, 0.717) is 6.54 Å². The minimum absolute atomic E-state index is 0.279. The average Bonchev–Trinajstić information content (AvgIpc) is 2.99. The molecule has 0 aliphatic rings. The van der Waals surface area contributed by atoms with Gasteiger partial charge in [-0.2, -0.15) is 11.3 Å². The second-order valence-corrected chi connectivity index (χ2v) is 5.38. The Labute approximate surface area is 123 Å². The van der Waals surface area contributed by atoms with Gasteiger partial charge in [-0.25, -0.2) is 0 Å². The molecule has 0 saturated heterocycles. The van der Waals surface area contributed by atoms with Crippen molar-refractivity contribution in [1.29, 1.82) is 0 Å². The lowest BCUT2D eigenvalue weighted by molar-refractivity contribution is 0.113. The molecule has 1 heterocycles. The molecule has 0 fully saturated rings. The van der Waals surface area contributed by atoms with Crippen molar-refractivity contribution in [1.82, 2.24) is 0 Å². The summed E-state index contributed by atoms with van der Waals surface area (Å²) < 4.78 is 5.61. The molecule has 1 unspecified atom stereocenters. The maximum absolute atomic E-state index is 10.0. The van der Waals surface area contributed by atoms with Crippen LogP contribution in [-0.4, -0.2) is 38.5 Å². The highest BCUT2D eigenvalue weighted by Gasteiger charge is 2.10. The molecule has 1 aromatic carbocycles. The third-order valence-electron chi connectivity index (χ3n) is 3.00. The molecular formula is C15H20N2O2S. The van der Waals surface area contributed by atoms with E-state index in [2.05, 4.69) is 10.7 Å². The lowest BCUT2D eigenvalue weighted by atomic mass is 10.3. The van der Waals surface area contributed by atoms with Gasteiger partial charge >= 0.3 is 0 Å². The van der Waals surface area contributed by atoms with Crippen LogP contribution in [0.1, 0.15) is 0 Å². The molecule has 1 aromatic heterocycles. The van der Waals surface area contributed by atoms with E-state index in [1.807, 2.05) is 54.7 Å². The van der Waals surface area contributed by atoms with Gasteiger partial charge in [0.25, 0.3) is 0 Å². The van der Waals surface area contributed by atoms with Crippen LogP contribution in [0.5, 0.6) is 5.75 Å². The summed E-state index contributed by atoms with van der Waals surface area (Å²) in [6.45, 7) is 0.824. The van der Waals surface area contributed by atoms with Crippen LogP contribution in [-0.2, 0) is 0 Å². The number of rotatable bonds is 7. The summed E-state index contributed by atoms with van der Waals surface area (Å²) in [5.74, 6) is 0.758. The average molecular weight is 292 g/mol. The van der Waals surface area contributed by atoms with Gasteiger partial charge in [0, 0.05) is 43.5 Å². The third kappa shape index (κ3) is 4.15. The number of anilines is 2. The molecule has 0 aliphatic heterocycles. The molecular weight excluding hydrogens is 272 g/mol. The maximum atomic E-state index is 10.0. The van der Waals surface area contributed by atoms with Gasteiger partial charge in [-0.15, -0.1) is 0 Å². The van der Waals surface area contributed by atoms with E-state index >= 15 is 0 Å². The smallest absolute Gasteiger partial charge is 0.121 e. The molecule has 5 heteroatoms. The number of likely N-dealkylation sites (N-methyl/N-ethyl adjacent to an activating group) is 1. The molecule has 0 amide bonds. The van der Waals surface area contributed by atoms with E-state index in [4.69, 9.17) is 4.74 Å². The number of hydrogen-bond acceptors (Lipinski definition) is 5. The first kappa shape index (κ1) is 14.7. The van der Waals surface area contributed by atoms with Crippen molar-refractivity contribution >= 4 is 22.7 Å². The minimum Gasteiger partial charge on any atom is -0.491 e. The van der Waals surface area contributed by atoms with Gasteiger partial charge in [0.05, 0.1) is 0 Å². The van der Waals surface area contributed by atoms with Gasteiger partial charge in [-0.1, -0.05) is 6.07 Å². The van der Waals surface area contributed by atoms with Crippen LogP contribution in [0.15, 0.2) is 41.1 Å². The van der Waals surface area contributed by atoms with Crippen molar-refractivity contribution in [2.45, 2.75) is 6.10 Å². The fraction of sp³-hybridized carbons (Fsp3) is 0.333.